The Bertz CT molecular complexity index is 1150. The highest BCUT2D eigenvalue weighted by molar-refractivity contribution is 7.98. The number of thioether (sulfide) groups is 1. The Morgan fingerprint density at radius 2 is 1.79 bits per heavy atom. The van der Waals surface area contributed by atoms with E-state index < -0.39 is 0 Å². The first kappa shape index (κ1) is 22.1. The van der Waals surface area contributed by atoms with E-state index >= 15 is 0 Å². The van der Waals surface area contributed by atoms with E-state index in [-0.39, 0.29) is 0 Å². The molecule has 1 fully saturated rings. The van der Waals surface area contributed by atoms with Crippen molar-refractivity contribution in [2.75, 3.05) is 53.1 Å². The van der Waals surface area contributed by atoms with Crippen LogP contribution in [0.3, 0.4) is 0 Å². The van der Waals surface area contributed by atoms with Crippen LogP contribution in [0.5, 0.6) is 5.75 Å². The van der Waals surface area contributed by atoms with Gasteiger partial charge in [-0.2, -0.15) is 0 Å². The third-order valence-corrected chi connectivity index (χ3v) is 7.23. The molecule has 33 heavy (non-hydrogen) atoms. The number of ether oxygens (including phenoxy) is 1. The molecule has 0 N–H and O–H groups in total. The highest BCUT2D eigenvalue weighted by atomic mass is 32.2. The summed E-state index contributed by atoms with van der Waals surface area (Å²) in [4.78, 5) is 11.1. The normalized spacial score (nSPS) is 16.6. The van der Waals surface area contributed by atoms with Gasteiger partial charge in [-0.3, -0.25) is 9.56 Å². The summed E-state index contributed by atoms with van der Waals surface area (Å²) in [6.07, 6.45) is 2.93. The van der Waals surface area contributed by atoms with Crippen LogP contribution < -0.4 is 4.74 Å². The first-order chi connectivity index (χ1) is 16.2. The van der Waals surface area contributed by atoms with E-state index in [1.54, 1.807) is 18.9 Å². The number of aliphatic imine (C=N–C) groups is 1. The largest absolute Gasteiger partial charge is 0.495 e. The van der Waals surface area contributed by atoms with Crippen molar-refractivity contribution in [3.05, 3.63) is 65.2 Å². The number of likely N-dealkylation sites (N-methyl/N-ethyl adjacent to an activating group) is 1. The van der Waals surface area contributed by atoms with Gasteiger partial charge in [0.15, 0.2) is 5.82 Å². The molecule has 2 aliphatic rings. The van der Waals surface area contributed by atoms with Gasteiger partial charge >= 0.3 is 0 Å². The molecule has 0 aliphatic carbocycles. The van der Waals surface area contributed by atoms with Gasteiger partial charge in [-0.25, -0.2) is 0 Å². The first-order valence-electron chi connectivity index (χ1n) is 11.4. The second kappa shape index (κ2) is 9.67. The third kappa shape index (κ3) is 4.43. The molecule has 0 atom stereocenters. The lowest BCUT2D eigenvalue weighted by atomic mass is 10.00. The number of para-hydroxylation sites is 1. The molecule has 172 valence electrons. The Balaban J connectivity index is 1.52. The molecule has 1 saturated heterocycles. The van der Waals surface area contributed by atoms with Gasteiger partial charge in [0.1, 0.15) is 23.8 Å². The van der Waals surface area contributed by atoms with Crippen molar-refractivity contribution in [3.63, 3.8) is 0 Å². The molecule has 7 nitrogen and oxygen atoms in total. The monoisotopic (exact) mass is 462 g/mol. The predicted octanol–water partition coefficient (Wildman–Crippen LogP) is 3.14. The zero-order valence-electron chi connectivity index (χ0n) is 19.5. The molecule has 2 aromatic carbocycles. The molecule has 1 aromatic heterocycles. The molecule has 0 amide bonds. The summed E-state index contributed by atoms with van der Waals surface area (Å²) >= 11 is 1.74. The number of methoxy groups -OCH3 is 1. The average molecular weight is 463 g/mol. The fourth-order valence-corrected chi connectivity index (χ4v) is 4.95. The van der Waals surface area contributed by atoms with Crippen molar-refractivity contribution in [1.29, 1.82) is 0 Å². The lowest BCUT2D eigenvalue weighted by molar-refractivity contribution is 0.155. The Kier molecular flexibility index (Phi) is 6.48. The van der Waals surface area contributed by atoms with Gasteiger partial charge in [-0.05, 0) is 31.5 Å². The summed E-state index contributed by atoms with van der Waals surface area (Å²) < 4.78 is 8.00. The van der Waals surface area contributed by atoms with E-state index in [1.165, 1.54) is 4.90 Å². The third-order valence-electron chi connectivity index (χ3n) is 6.48. The molecular weight excluding hydrogens is 432 g/mol. The van der Waals surface area contributed by atoms with Crippen LogP contribution in [0.4, 0.5) is 0 Å². The van der Waals surface area contributed by atoms with Crippen LogP contribution in [0.1, 0.15) is 22.8 Å². The van der Waals surface area contributed by atoms with Crippen molar-refractivity contribution >= 4 is 17.5 Å². The smallest absolute Gasteiger partial charge is 0.159 e. The number of aromatic nitrogens is 3. The van der Waals surface area contributed by atoms with Crippen LogP contribution in [0.2, 0.25) is 0 Å². The van der Waals surface area contributed by atoms with Gasteiger partial charge < -0.3 is 14.5 Å². The van der Waals surface area contributed by atoms with Crippen molar-refractivity contribution < 1.29 is 4.74 Å². The van der Waals surface area contributed by atoms with E-state index in [9.17, 15) is 0 Å². The van der Waals surface area contributed by atoms with Crippen LogP contribution >= 0.6 is 11.8 Å². The average Bonchev–Trinajstić information content (AvgIpc) is 3.18. The number of nitrogens with zero attached hydrogens (tertiary/aromatic N) is 6. The molecule has 3 heterocycles. The van der Waals surface area contributed by atoms with Gasteiger partial charge in [0, 0.05) is 55.2 Å². The minimum absolute atomic E-state index is 0.485. The molecule has 8 heteroatoms. The number of benzene rings is 2. The quantitative estimate of drug-likeness (QED) is 0.525. The maximum Gasteiger partial charge on any atom is 0.159 e. The maximum atomic E-state index is 5.83. The van der Waals surface area contributed by atoms with Gasteiger partial charge in [-0.1, -0.05) is 24.3 Å². The summed E-state index contributed by atoms with van der Waals surface area (Å²) in [7, 11) is 3.91. The Labute approximate surface area is 199 Å². The van der Waals surface area contributed by atoms with Crippen molar-refractivity contribution in [2.45, 2.75) is 17.9 Å². The number of hydrogen-bond donors (Lipinski definition) is 0. The fourth-order valence-electron chi connectivity index (χ4n) is 4.55. The van der Waals surface area contributed by atoms with Crippen LogP contribution in [0.15, 0.2) is 52.4 Å². The number of hydrogen-bond acceptors (Lipinski definition) is 7. The van der Waals surface area contributed by atoms with E-state index in [4.69, 9.17) is 9.73 Å². The van der Waals surface area contributed by atoms with Crippen LogP contribution in [0.25, 0.3) is 5.69 Å². The molecule has 5 rings (SSSR count). The van der Waals surface area contributed by atoms with Crippen molar-refractivity contribution in [2.24, 2.45) is 4.99 Å². The lowest BCUT2D eigenvalue weighted by Crippen LogP contribution is -2.45. The maximum absolute atomic E-state index is 5.83. The summed E-state index contributed by atoms with van der Waals surface area (Å²) in [5.41, 5.74) is 4.09. The molecule has 3 aromatic rings. The molecule has 0 saturated carbocycles. The Morgan fingerprint density at radius 3 is 2.52 bits per heavy atom. The summed E-state index contributed by atoms with van der Waals surface area (Å²) in [5, 5.41) is 9.12. The van der Waals surface area contributed by atoms with E-state index in [0.29, 0.717) is 6.54 Å². The topological polar surface area (TPSA) is 58.8 Å². The summed E-state index contributed by atoms with van der Waals surface area (Å²) in [6, 6.07) is 14.8. The highest BCUT2D eigenvalue weighted by Gasteiger charge is 2.26. The minimum Gasteiger partial charge on any atom is -0.495 e. The molecule has 2 aliphatic heterocycles. The Morgan fingerprint density at radius 1 is 1.00 bits per heavy atom. The van der Waals surface area contributed by atoms with Crippen molar-refractivity contribution in [3.8, 4) is 11.4 Å². The summed E-state index contributed by atoms with van der Waals surface area (Å²) in [5.74, 6) is 2.62. The van der Waals surface area contributed by atoms with Crippen LogP contribution in [-0.4, -0.2) is 83.4 Å². The van der Waals surface area contributed by atoms with Crippen LogP contribution in [-0.2, 0) is 13.0 Å². The second-order valence-corrected chi connectivity index (χ2v) is 9.39. The first-order valence-corrected chi connectivity index (χ1v) is 12.6. The summed E-state index contributed by atoms with van der Waals surface area (Å²) in [6.45, 7) is 5.87. The number of fused-ring (bicyclic) bond motifs is 3. The Hall–Kier alpha value is -2.68. The zero-order valence-corrected chi connectivity index (χ0v) is 20.3. The standard InChI is InChI=1S/C25H30N6OS/c1-29-13-15-30(16-14-29)12-11-22-27-28-23-17-26-24(18-7-9-19(33-3)10-8-18)20-5-4-6-21(32-2)25(20)31(22)23/h4-10H,11-17H2,1-3H3. The predicted molar refractivity (Wildman–Crippen MR) is 133 cm³/mol. The van der Waals surface area contributed by atoms with Gasteiger partial charge in [0.25, 0.3) is 0 Å². The molecule has 0 unspecified atom stereocenters. The van der Waals surface area contributed by atoms with E-state index in [0.717, 1.165) is 79.1 Å². The molecular formula is C25H30N6OS. The minimum atomic E-state index is 0.485. The molecule has 0 radical (unpaired) electrons. The van der Waals surface area contributed by atoms with E-state index in [1.807, 2.05) is 12.1 Å². The van der Waals surface area contributed by atoms with E-state index in [2.05, 4.69) is 68.2 Å². The van der Waals surface area contributed by atoms with Gasteiger partial charge in [0.2, 0.25) is 0 Å². The van der Waals surface area contributed by atoms with Gasteiger partial charge in [-0.15, -0.1) is 22.0 Å². The molecule has 0 spiro atoms. The zero-order chi connectivity index (χ0) is 22.8. The SMILES string of the molecule is COc1cccc2c1-n1c(CCN3CCN(C)CC3)nnc1CN=C2c1ccc(SC)cc1. The molecule has 0 bridgehead atoms. The highest BCUT2D eigenvalue weighted by Crippen LogP contribution is 2.33. The lowest BCUT2D eigenvalue weighted by Gasteiger charge is -2.32. The second-order valence-electron chi connectivity index (χ2n) is 8.51. The number of piperazine rings is 1. The van der Waals surface area contributed by atoms with Gasteiger partial charge in [0.05, 0.1) is 12.8 Å². The number of rotatable bonds is 6. The van der Waals surface area contributed by atoms with Crippen molar-refractivity contribution in [1.82, 2.24) is 24.6 Å². The fraction of sp³-hybridized carbons (Fsp3) is 0.400. The van der Waals surface area contributed by atoms with Crippen LogP contribution in [0, 0.1) is 0 Å².